The number of hydrogen-bond donors (Lipinski definition) is 1. The Labute approximate surface area is 241 Å². The second-order valence-corrected chi connectivity index (χ2v) is 19.3. The van der Waals surface area contributed by atoms with E-state index < -0.39 is 19.3 Å². The molecule has 39 heavy (non-hydrogen) atoms. The van der Waals surface area contributed by atoms with Crippen molar-refractivity contribution in [1.82, 2.24) is 14.5 Å². The summed E-state index contributed by atoms with van der Waals surface area (Å²) in [7, 11) is -1.25. The molecule has 2 aromatic carbocycles. The standard InChI is InChI=1S/C30H42BrN3O4Si/c1-29(2,3)38-28(35)33-17-15-23(16-18-33)30(36,22-11-13-24(31)14-12-22)27-32-25-9-7-8-10-26(25)34(27)21-37-19-20-39(4,5)6/h7-14,23,36H,15-21H2,1-6H3. The minimum atomic E-state index is -1.37. The van der Waals surface area contributed by atoms with E-state index in [0.717, 1.165) is 27.1 Å². The first-order valence-corrected chi connectivity index (χ1v) is 18.3. The van der Waals surface area contributed by atoms with Crippen molar-refractivity contribution in [3.8, 4) is 0 Å². The third-order valence-corrected chi connectivity index (χ3v) is 9.47. The predicted octanol–water partition coefficient (Wildman–Crippen LogP) is 6.99. The van der Waals surface area contributed by atoms with Gasteiger partial charge in [0.2, 0.25) is 0 Å². The normalized spacial score (nSPS) is 16.9. The lowest BCUT2D eigenvalue weighted by Crippen LogP contribution is -2.48. The number of para-hydroxylation sites is 2. The summed E-state index contributed by atoms with van der Waals surface area (Å²) in [6, 6.07) is 16.8. The molecule has 1 amide bonds. The minimum absolute atomic E-state index is 0.157. The number of fused-ring (bicyclic) bond motifs is 1. The highest BCUT2D eigenvalue weighted by Gasteiger charge is 2.46. The maximum absolute atomic E-state index is 12.8. The van der Waals surface area contributed by atoms with Crippen LogP contribution in [-0.2, 0) is 21.8 Å². The van der Waals surface area contributed by atoms with Gasteiger partial charge in [-0.15, -0.1) is 0 Å². The number of carbonyl (C=O) groups is 1. The Kier molecular flexibility index (Phi) is 8.95. The maximum Gasteiger partial charge on any atom is 0.410 e. The third kappa shape index (κ3) is 7.12. The molecule has 0 spiro atoms. The predicted molar refractivity (Wildman–Crippen MR) is 162 cm³/mol. The highest BCUT2D eigenvalue weighted by Crippen LogP contribution is 2.43. The highest BCUT2D eigenvalue weighted by molar-refractivity contribution is 9.10. The molecule has 0 radical (unpaired) electrons. The third-order valence-electron chi connectivity index (χ3n) is 7.23. The molecule has 4 rings (SSSR count). The molecule has 1 aromatic heterocycles. The summed E-state index contributed by atoms with van der Waals surface area (Å²) >= 11 is 3.54. The van der Waals surface area contributed by atoms with E-state index in [0.29, 0.717) is 45.1 Å². The molecular formula is C30H42BrN3O4Si. The molecule has 1 N–H and O–H groups in total. The van der Waals surface area contributed by atoms with Crippen molar-refractivity contribution in [1.29, 1.82) is 0 Å². The molecule has 1 fully saturated rings. The van der Waals surface area contributed by atoms with E-state index in [4.69, 9.17) is 14.5 Å². The zero-order valence-corrected chi connectivity index (χ0v) is 26.6. The number of imidazole rings is 1. The molecule has 212 valence electrons. The summed E-state index contributed by atoms with van der Waals surface area (Å²) in [6.45, 7) is 14.6. The number of benzene rings is 2. The summed E-state index contributed by atoms with van der Waals surface area (Å²) in [5.41, 5.74) is 0.610. The largest absolute Gasteiger partial charge is 0.444 e. The van der Waals surface area contributed by atoms with Crippen molar-refractivity contribution >= 4 is 41.1 Å². The van der Waals surface area contributed by atoms with Crippen molar-refractivity contribution in [2.45, 2.75) is 77.2 Å². The van der Waals surface area contributed by atoms with Gasteiger partial charge in [-0.3, -0.25) is 0 Å². The van der Waals surface area contributed by atoms with Gasteiger partial charge in [0.05, 0.1) is 11.0 Å². The SMILES string of the molecule is CC(C)(C)OC(=O)N1CCC(C(O)(c2ccc(Br)cc2)c2nc3ccccc3n2COCC[Si](C)(C)C)CC1. The fraction of sp³-hybridized carbons (Fsp3) is 0.533. The molecule has 1 aliphatic rings. The summed E-state index contributed by atoms with van der Waals surface area (Å²) in [4.78, 5) is 19.5. The molecule has 0 bridgehead atoms. The summed E-state index contributed by atoms with van der Waals surface area (Å²) in [5.74, 6) is 0.421. The van der Waals surface area contributed by atoms with Crippen LogP contribution < -0.4 is 0 Å². The van der Waals surface area contributed by atoms with Crippen LogP contribution >= 0.6 is 15.9 Å². The van der Waals surface area contributed by atoms with Crippen molar-refractivity contribution in [3.05, 3.63) is 64.4 Å². The van der Waals surface area contributed by atoms with Gasteiger partial charge in [-0.1, -0.05) is 59.8 Å². The number of aromatic nitrogens is 2. The highest BCUT2D eigenvalue weighted by atomic mass is 79.9. The first-order valence-electron chi connectivity index (χ1n) is 13.8. The second-order valence-electron chi connectivity index (χ2n) is 12.7. The van der Waals surface area contributed by atoms with E-state index in [2.05, 4.69) is 35.6 Å². The van der Waals surface area contributed by atoms with Crippen LogP contribution in [0.15, 0.2) is 53.0 Å². The smallest absolute Gasteiger partial charge is 0.410 e. The summed E-state index contributed by atoms with van der Waals surface area (Å²) in [5, 5.41) is 12.8. The number of aliphatic hydroxyl groups is 1. The maximum atomic E-state index is 12.8. The summed E-state index contributed by atoms with van der Waals surface area (Å²) < 4.78 is 14.8. The van der Waals surface area contributed by atoms with Gasteiger partial charge in [-0.05, 0) is 69.5 Å². The van der Waals surface area contributed by atoms with Crippen molar-refractivity contribution < 1.29 is 19.4 Å². The molecule has 1 unspecified atom stereocenters. The topological polar surface area (TPSA) is 76.8 Å². The van der Waals surface area contributed by atoms with Gasteiger partial charge in [0.1, 0.15) is 18.2 Å². The first-order chi connectivity index (χ1) is 18.3. The molecule has 7 nitrogen and oxygen atoms in total. The number of ether oxygens (including phenoxy) is 2. The van der Waals surface area contributed by atoms with Gasteiger partial charge in [0, 0.05) is 38.2 Å². The lowest BCUT2D eigenvalue weighted by molar-refractivity contribution is -0.0343. The molecule has 1 aliphatic heterocycles. The van der Waals surface area contributed by atoms with Crippen LogP contribution in [0, 0.1) is 5.92 Å². The Balaban J connectivity index is 1.70. The van der Waals surface area contributed by atoms with Crippen molar-refractivity contribution in [3.63, 3.8) is 0 Å². The van der Waals surface area contributed by atoms with Crippen molar-refractivity contribution in [2.75, 3.05) is 19.7 Å². The number of hydrogen-bond acceptors (Lipinski definition) is 5. The molecular weight excluding hydrogens is 574 g/mol. The molecule has 2 heterocycles. The average molecular weight is 617 g/mol. The fourth-order valence-corrected chi connectivity index (χ4v) is 6.11. The Morgan fingerprint density at radius 1 is 1.08 bits per heavy atom. The Hall–Kier alpha value is -2.20. The van der Waals surface area contributed by atoms with Gasteiger partial charge in [-0.25, -0.2) is 9.78 Å². The van der Waals surface area contributed by atoms with Gasteiger partial charge in [0.25, 0.3) is 0 Å². The van der Waals surface area contributed by atoms with E-state index in [1.807, 2.05) is 73.9 Å². The van der Waals surface area contributed by atoms with Crippen LogP contribution in [0.5, 0.6) is 0 Å². The quantitative estimate of drug-likeness (QED) is 0.218. The number of nitrogens with zero attached hydrogens (tertiary/aromatic N) is 3. The van der Waals surface area contributed by atoms with Crippen LogP contribution in [0.4, 0.5) is 4.79 Å². The molecule has 3 aromatic rings. The Morgan fingerprint density at radius 2 is 1.72 bits per heavy atom. The van der Waals surface area contributed by atoms with Gasteiger partial charge in [-0.2, -0.15) is 0 Å². The molecule has 0 saturated carbocycles. The summed E-state index contributed by atoms with van der Waals surface area (Å²) in [6.07, 6.45) is 0.924. The number of rotatable bonds is 8. The lowest BCUT2D eigenvalue weighted by atomic mass is 9.75. The van der Waals surface area contributed by atoms with Gasteiger partial charge >= 0.3 is 6.09 Å². The number of halogens is 1. The van der Waals surface area contributed by atoms with Crippen LogP contribution in [-0.4, -0.2) is 59.0 Å². The molecule has 0 aliphatic carbocycles. The van der Waals surface area contributed by atoms with E-state index in [9.17, 15) is 9.90 Å². The first kappa shape index (κ1) is 29.8. The molecule has 9 heteroatoms. The monoisotopic (exact) mass is 615 g/mol. The van der Waals surface area contributed by atoms with Crippen LogP contribution in [0.2, 0.25) is 25.7 Å². The lowest BCUT2D eigenvalue weighted by Gasteiger charge is -2.41. The number of carbonyl (C=O) groups excluding carboxylic acids is 1. The van der Waals surface area contributed by atoms with E-state index in [1.165, 1.54) is 0 Å². The van der Waals surface area contributed by atoms with Crippen molar-refractivity contribution in [2.24, 2.45) is 5.92 Å². The molecule has 1 atom stereocenters. The fourth-order valence-electron chi connectivity index (χ4n) is 5.09. The second kappa shape index (κ2) is 11.7. The van der Waals surface area contributed by atoms with Crippen LogP contribution in [0.1, 0.15) is 45.0 Å². The number of likely N-dealkylation sites (tertiary alicyclic amines) is 1. The minimum Gasteiger partial charge on any atom is -0.444 e. The molecule has 1 saturated heterocycles. The zero-order chi connectivity index (χ0) is 28.4. The number of piperidine rings is 1. The van der Waals surface area contributed by atoms with E-state index in [-0.39, 0.29) is 12.0 Å². The Bertz CT molecular complexity index is 1270. The van der Waals surface area contributed by atoms with E-state index >= 15 is 0 Å². The zero-order valence-electron chi connectivity index (χ0n) is 24.0. The van der Waals surface area contributed by atoms with Crippen LogP contribution in [0.3, 0.4) is 0 Å². The average Bonchev–Trinajstić information content (AvgIpc) is 3.24. The van der Waals surface area contributed by atoms with Crippen LogP contribution in [0.25, 0.3) is 11.0 Å². The van der Waals surface area contributed by atoms with Gasteiger partial charge in [0.15, 0.2) is 5.60 Å². The van der Waals surface area contributed by atoms with Gasteiger partial charge < -0.3 is 24.0 Å². The number of amides is 1. The van der Waals surface area contributed by atoms with E-state index in [1.54, 1.807) is 4.90 Å². The Morgan fingerprint density at radius 3 is 2.33 bits per heavy atom.